The zero-order valence-corrected chi connectivity index (χ0v) is 46.4. The second-order valence-electron chi connectivity index (χ2n) is 19.8. The summed E-state index contributed by atoms with van der Waals surface area (Å²) in [6.45, 7) is 24.3. The minimum atomic E-state index is -0.865. The minimum Gasteiger partial charge on any atom is -0.493 e. The average Bonchev–Trinajstić information content (AvgIpc) is 3.70. The fraction of sp³-hybridized carbons (Fsp3) is 0.404. The first kappa shape index (κ1) is 57.9. The number of anilines is 1. The van der Waals surface area contributed by atoms with E-state index in [1.165, 1.54) is 0 Å². The Morgan fingerprint density at radius 1 is 0.681 bits per heavy atom. The van der Waals surface area contributed by atoms with E-state index in [0.29, 0.717) is 36.6 Å². The lowest BCUT2D eigenvalue weighted by Gasteiger charge is -2.28. The standard InChI is InChI=1S/C23H23N5O4.C15H21BrO2.C8H15BrO2.C6H6BrN/c1-4-32-17-11-15(14-7-5-6-13(10-14)12-23(2,3)22(30)31)8-9-16(17)19-24-20-18(21(29)25-19)26-28-27-20;1-14(2,3)18-13(17)15(4,5)10-11-7-6-8-12(16)9-11;1-7(2,3)11-6(10)8(4,5)9;7-5-2-1-3-6(8)4-5/h5-11H,4,12H2,1-3H3,(H,30,31)(H2,24,25,26,27,28,29);6-9H,10H2,1-5H3;1-5H3;1-4H,8H2. The topological polar surface area (TPSA) is 212 Å². The zero-order valence-electron chi connectivity index (χ0n) is 41.6. The molecule has 0 bridgehead atoms. The summed E-state index contributed by atoms with van der Waals surface area (Å²) in [6.07, 6.45) is 1.08. The number of alkyl halides is 1. The molecule has 6 aromatic rings. The van der Waals surface area contributed by atoms with E-state index < -0.39 is 32.3 Å². The van der Waals surface area contributed by atoms with Crippen molar-refractivity contribution in [3.63, 3.8) is 0 Å². The van der Waals surface area contributed by atoms with Crippen LogP contribution in [0.2, 0.25) is 0 Å². The first-order valence-electron chi connectivity index (χ1n) is 22.1. The fourth-order valence-electron chi connectivity index (χ4n) is 6.05. The molecule has 0 amide bonds. The third-order valence-corrected chi connectivity index (χ3v) is 10.7. The first-order chi connectivity index (χ1) is 31.8. The van der Waals surface area contributed by atoms with E-state index in [1.54, 1.807) is 27.7 Å². The predicted molar refractivity (Wildman–Crippen MR) is 284 cm³/mol. The van der Waals surface area contributed by atoms with Crippen LogP contribution in [0.1, 0.15) is 101 Å². The molecule has 0 aliphatic heterocycles. The van der Waals surface area contributed by atoms with Gasteiger partial charge in [-0.05, 0) is 168 Å². The summed E-state index contributed by atoms with van der Waals surface area (Å²) in [5.74, 6) is -0.327. The third-order valence-electron chi connectivity index (χ3n) is 9.44. The molecule has 0 aliphatic rings. The van der Waals surface area contributed by atoms with Gasteiger partial charge in [0.25, 0.3) is 5.56 Å². The summed E-state index contributed by atoms with van der Waals surface area (Å²) in [7, 11) is 0. The summed E-state index contributed by atoms with van der Waals surface area (Å²) in [6, 6.07) is 29.0. The molecule has 372 valence electrons. The number of esters is 2. The van der Waals surface area contributed by atoms with Gasteiger partial charge in [0.1, 0.15) is 27.1 Å². The van der Waals surface area contributed by atoms with Crippen LogP contribution in [0.3, 0.4) is 0 Å². The number of carboxylic acid groups (broad SMARTS) is 1. The molecule has 0 saturated carbocycles. The SMILES string of the molecule is CC(C)(C)OC(=O)C(C)(C)Br.CC(C)(C)OC(=O)C(C)(C)Cc1cccc(Br)c1.CCOc1cc(-c2cccc(CC(C)(C)C(=O)O)c2)ccc1-c1nc2n[nH]nc2c(=O)[nH]1.Nc1cccc(Br)c1. The van der Waals surface area contributed by atoms with E-state index >= 15 is 0 Å². The number of nitrogens with two attached hydrogens (primary N) is 1. The number of rotatable bonds is 11. The van der Waals surface area contributed by atoms with Gasteiger partial charge >= 0.3 is 17.9 Å². The molecule has 2 aromatic heterocycles. The van der Waals surface area contributed by atoms with Crippen LogP contribution in [0.15, 0.2) is 105 Å². The van der Waals surface area contributed by atoms with Gasteiger partial charge in [-0.3, -0.25) is 19.2 Å². The number of carboxylic acids is 1. The number of benzene rings is 4. The van der Waals surface area contributed by atoms with Crippen LogP contribution in [-0.4, -0.2) is 70.5 Å². The number of nitrogen functional groups attached to an aromatic ring is 1. The predicted octanol–water partition coefficient (Wildman–Crippen LogP) is 12.3. The van der Waals surface area contributed by atoms with Crippen molar-refractivity contribution in [2.24, 2.45) is 10.8 Å². The molecule has 14 nitrogen and oxygen atoms in total. The van der Waals surface area contributed by atoms with Gasteiger partial charge in [-0.25, -0.2) is 4.98 Å². The number of nitrogens with one attached hydrogen (secondary N) is 2. The van der Waals surface area contributed by atoms with Gasteiger partial charge in [-0.1, -0.05) is 96.3 Å². The Hall–Kier alpha value is -5.39. The van der Waals surface area contributed by atoms with E-state index in [0.717, 1.165) is 36.9 Å². The van der Waals surface area contributed by atoms with Gasteiger partial charge < -0.3 is 30.0 Å². The van der Waals surface area contributed by atoms with Gasteiger partial charge in [0.15, 0.2) is 5.52 Å². The Balaban J connectivity index is 0.000000284. The number of carbonyl (C=O) groups excluding carboxylic acids is 2. The van der Waals surface area contributed by atoms with Gasteiger partial charge in [0, 0.05) is 14.6 Å². The van der Waals surface area contributed by atoms with Crippen LogP contribution in [-0.2, 0) is 36.7 Å². The monoisotopic (exact) mass is 1140 g/mol. The number of ether oxygens (including phenoxy) is 3. The third kappa shape index (κ3) is 19.5. The molecule has 17 heteroatoms. The summed E-state index contributed by atoms with van der Waals surface area (Å²) >= 11 is 9.94. The lowest BCUT2D eigenvalue weighted by molar-refractivity contribution is -0.165. The molecule has 0 spiro atoms. The van der Waals surface area contributed by atoms with Crippen molar-refractivity contribution in [2.75, 3.05) is 12.3 Å². The van der Waals surface area contributed by atoms with Crippen molar-refractivity contribution >= 4 is 82.5 Å². The highest BCUT2D eigenvalue weighted by Crippen LogP contribution is 2.34. The average molecular weight is 1140 g/mol. The van der Waals surface area contributed by atoms with Crippen LogP contribution in [0.5, 0.6) is 5.75 Å². The molecule has 0 aliphatic carbocycles. The van der Waals surface area contributed by atoms with Crippen molar-refractivity contribution in [3.05, 3.63) is 121 Å². The molecule has 0 fully saturated rings. The Labute approximate surface area is 430 Å². The zero-order chi connectivity index (χ0) is 52.1. The molecular formula is C52H65Br3N6O8. The maximum atomic E-state index is 12.3. The number of carbonyl (C=O) groups is 3. The van der Waals surface area contributed by atoms with E-state index in [2.05, 4.69) is 73.2 Å². The van der Waals surface area contributed by atoms with E-state index in [-0.39, 0.29) is 28.7 Å². The highest BCUT2D eigenvalue weighted by molar-refractivity contribution is 9.11. The molecule has 2 heterocycles. The number of aliphatic carboxylic acids is 1. The number of H-pyrrole nitrogens is 2. The van der Waals surface area contributed by atoms with Crippen molar-refractivity contribution in [2.45, 2.75) is 118 Å². The normalized spacial score (nSPS) is 11.7. The van der Waals surface area contributed by atoms with Crippen LogP contribution >= 0.6 is 47.8 Å². The Morgan fingerprint density at radius 2 is 1.22 bits per heavy atom. The lowest BCUT2D eigenvalue weighted by Crippen LogP contribution is -2.35. The first-order valence-corrected chi connectivity index (χ1v) is 24.5. The molecule has 4 aromatic carbocycles. The number of aromatic nitrogens is 5. The number of hydrogen-bond acceptors (Lipinski definition) is 11. The number of fused-ring (bicyclic) bond motifs is 1. The van der Waals surface area contributed by atoms with E-state index in [1.807, 2.05) is 153 Å². The number of halogens is 3. The molecule has 5 N–H and O–H groups in total. The fourth-order valence-corrected chi connectivity index (χ4v) is 7.00. The van der Waals surface area contributed by atoms with Gasteiger partial charge in [0.05, 0.1) is 23.0 Å². The molecule has 0 saturated heterocycles. The van der Waals surface area contributed by atoms with Crippen molar-refractivity contribution < 1.29 is 33.7 Å². The number of aromatic amines is 2. The van der Waals surface area contributed by atoms with Crippen LogP contribution < -0.4 is 16.0 Å². The van der Waals surface area contributed by atoms with Crippen LogP contribution in [0, 0.1) is 10.8 Å². The Morgan fingerprint density at radius 3 is 1.72 bits per heavy atom. The van der Waals surface area contributed by atoms with Gasteiger partial charge in [0.2, 0.25) is 5.65 Å². The molecule has 0 atom stereocenters. The number of hydrogen-bond donors (Lipinski definition) is 4. The number of nitrogens with zero attached hydrogens (tertiary/aromatic N) is 3. The summed E-state index contributed by atoms with van der Waals surface area (Å²) < 4.78 is 17.9. The maximum absolute atomic E-state index is 12.3. The second-order valence-corrected chi connectivity index (χ2v) is 23.7. The van der Waals surface area contributed by atoms with E-state index in [9.17, 15) is 24.3 Å². The van der Waals surface area contributed by atoms with Crippen molar-refractivity contribution in [1.29, 1.82) is 0 Å². The maximum Gasteiger partial charge on any atom is 0.322 e. The smallest absolute Gasteiger partial charge is 0.322 e. The van der Waals surface area contributed by atoms with Crippen LogP contribution in [0.25, 0.3) is 33.7 Å². The molecule has 0 radical (unpaired) electrons. The summed E-state index contributed by atoms with van der Waals surface area (Å²) in [5.41, 5.74) is 8.49. The summed E-state index contributed by atoms with van der Waals surface area (Å²) in [4.78, 5) is 54.3. The Kier molecular flexibility index (Phi) is 20.5. The highest BCUT2D eigenvalue weighted by Gasteiger charge is 2.33. The highest BCUT2D eigenvalue weighted by atomic mass is 79.9. The molecular weight excluding hydrogens is 1080 g/mol. The summed E-state index contributed by atoms with van der Waals surface area (Å²) in [5, 5.41) is 19.5. The quantitative estimate of drug-likeness (QED) is 0.0542. The van der Waals surface area contributed by atoms with Crippen molar-refractivity contribution in [1.82, 2.24) is 25.4 Å². The van der Waals surface area contributed by atoms with Gasteiger partial charge in [-0.15, -0.1) is 10.2 Å². The van der Waals surface area contributed by atoms with Crippen LogP contribution in [0.4, 0.5) is 5.69 Å². The van der Waals surface area contributed by atoms with Gasteiger partial charge in [-0.2, -0.15) is 5.21 Å². The molecule has 6 rings (SSSR count). The largest absolute Gasteiger partial charge is 0.493 e. The molecule has 0 unspecified atom stereocenters. The molecule has 69 heavy (non-hydrogen) atoms. The Bertz CT molecular complexity index is 2730. The van der Waals surface area contributed by atoms with E-state index in [4.69, 9.17) is 19.9 Å². The lowest BCUT2D eigenvalue weighted by atomic mass is 9.85. The minimum absolute atomic E-state index is 0.143. The van der Waals surface area contributed by atoms with Crippen molar-refractivity contribution in [3.8, 4) is 28.3 Å². The second kappa shape index (κ2) is 24.4.